The molecule has 152 valence electrons. The molecule has 3 aromatic rings. The van der Waals surface area contributed by atoms with Crippen molar-refractivity contribution in [3.05, 3.63) is 63.5 Å². The SMILES string of the molecule is COc1ccc(-c2nc(N)nc(N)c2C#N)cc1COc1cc(F)ccc1[N+](=O)[O-]. The highest BCUT2D eigenvalue weighted by molar-refractivity contribution is 5.74. The Hall–Kier alpha value is -4.46. The molecule has 0 fully saturated rings. The van der Waals surface area contributed by atoms with Gasteiger partial charge in [0.1, 0.15) is 35.6 Å². The summed E-state index contributed by atoms with van der Waals surface area (Å²) in [6.07, 6.45) is 0. The molecule has 2 aromatic carbocycles. The van der Waals surface area contributed by atoms with Gasteiger partial charge in [-0.1, -0.05) is 0 Å². The van der Waals surface area contributed by atoms with Crippen molar-refractivity contribution >= 4 is 17.5 Å². The number of nitrogens with zero attached hydrogens (tertiary/aromatic N) is 4. The van der Waals surface area contributed by atoms with Crippen molar-refractivity contribution in [1.29, 1.82) is 5.26 Å². The Bertz CT molecular complexity index is 1180. The van der Waals surface area contributed by atoms with Gasteiger partial charge in [-0.15, -0.1) is 0 Å². The maximum absolute atomic E-state index is 13.5. The largest absolute Gasteiger partial charge is 0.496 e. The van der Waals surface area contributed by atoms with Crippen LogP contribution in [0.4, 0.5) is 21.8 Å². The van der Waals surface area contributed by atoms with E-state index in [9.17, 15) is 19.8 Å². The Labute approximate surface area is 169 Å². The lowest BCUT2D eigenvalue weighted by Crippen LogP contribution is -2.06. The number of hydrogen-bond acceptors (Lipinski definition) is 9. The summed E-state index contributed by atoms with van der Waals surface area (Å²) in [6, 6.07) is 9.69. The molecule has 11 heteroatoms. The molecule has 1 heterocycles. The fourth-order valence-electron chi connectivity index (χ4n) is 2.76. The summed E-state index contributed by atoms with van der Waals surface area (Å²) in [5.41, 5.74) is 12.2. The van der Waals surface area contributed by atoms with E-state index < -0.39 is 10.7 Å². The van der Waals surface area contributed by atoms with Crippen molar-refractivity contribution in [3.63, 3.8) is 0 Å². The number of rotatable bonds is 6. The smallest absolute Gasteiger partial charge is 0.311 e. The zero-order valence-corrected chi connectivity index (χ0v) is 15.6. The molecule has 0 spiro atoms. The average molecular weight is 410 g/mol. The van der Waals surface area contributed by atoms with E-state index in [1.54, 1.807) is 18.2 Å². The van der Waals surface area contributed by atoms with Gasteiger partial charge in [0.25, 0.3) is 0 Å². The van der Waals surface area contributed by atoms with E-state index in [-0.39, 0.29) is 41.1 Å². The van der Waals surface area contributed by atoms with Crippen molar-refractivity contribution in [2.24, 2.45) is 0 Å². The third-order valence-electron chi connectivity index (χ3n) is 4.12. The third kappa shape index (κ3) is 4.02. The lowest BCUT2D eigenvalue weighted by molar-refractivity contribution is -0.386. The predicted molar refractivity (Wildman–Crippen MR) is 105 cm³/mol. The van der Waals surface area contributed by atoms with Gasteiger partial charge in [0.05, 0.1) is 17.7 Å². The van der Waals surface area contributed by atoms with Crippen LogP contribution in [-0.4, -0.2) is 22.0 Å². The first-order valence-corrected chi connectivity index (χ1v) is 8.41. The van der Waals surface area contributed by atoms with Gasteiger partial charge in [-0.05, 0) is 24.3 Å². The normalized spacial score (nSPS) is 10.3. The van der Waals surface area contributed by atoms with E-state index in [1.807, 2.05) is 6.07 Å². The second-order valence-corrected chi connectivity index (χ2v) is 5.99. The number of ether oxygens (including phenoxy) is 2. The molecule has 4 N–H and O–H groups in total. The third-order valence-corrected chi connectivity index (χ3v) is 4.12. The molecule has 0 atom stereocenters. The van der Waals surface area contributed by atoms with Crippen LogP contribution in [0.1, 0.15) is 11.1 Å². The number of nitriles is 1. The molecule has 30 heavy (non-hydrogen) atoms. The molecule has 0 aliphatic heterocycles. The van der Waals surface area contributed by atoms with Gasteiger partial charge in [-0.25, -0.2) is 9.37 Å². The van der Waals surface area contributed by atoms with Gasteiger partial charge < -0.3 is 20.9 Å². The van der Waals surface area contributed by atoms with E-state index in [0.29, 0.717) is 16.9 Å². The first-order valence-electron chi connectivity index (χ1n) is 8.41. The molecule has 0 saturated heterocycles. The summed E-state index contributed by atoms with van der Waals surface area (Å²) < 4.78 is 24.3. The van der Waals surface area contributed by atoms with Crippen LogP contribution in [0.2, 0.25) is 0 Å². The van der Waals surface area contributed by atoms with Crippen LogP contribution in [0.5, 0.6) is 11.5 Å². The summed E-state index contributed by atoms with van der Waals surface area (Å²) >= 11 is 0. The topological polar surface area (TPSA) is 163 Å². The molecule has 0 bridgehead atoms. The van der Waals surface area contributed by atoms with Crippen LogP contribution in [0, 0.1) is 27.3 Å². The lowest BCUT2D eigenvalue weighted by Gasteiger charge is -2.13. The first kappa shape index (κ1) is 20.3. The number of anilines is 2. The fourth-order valence-corrected chi connectivity index (χ4v) is 2.76. The standard InChI is InChI=1S/C19H15FN6O4/c1-29-15-5-2-10(17-13(8-21)18(22)25-19(23)24-17)6-11(15)9-30-16-7-12(20)3-4-14(16)26(27)28/h2-7H,9H2,1H3,(H4,22,23,24,25). The minimum absolute atomic E-state index is 0.0435. The highest BCUT2D eigenvalue weighted by Crippen LogP contribution is 2.32. The van der Waals surface area contributed by atoms with Gasteiger partial charge in [-0.2, -0.15) is 10.2 Å². The minimum atomic E-state index is -0.679. The minimum Gasteiger partial charge on any atom is -0.496 e. The van der Waals surface area contributed by atoms with Crippen molar-refractivity contribution in [3.8, 4) is 28.8 Å². The summed E-state index contributed by atoms with van der Waals surface area (Å²) in [7, 11) is 1.44. The molecule has 0 aliphatic rings. The number of hydrogen-bond donors (Lipinski definition) is 2. The van der Waals surface area contributed by atoms with E-state index in [0.717, 1.165) is 18.2 Å². The molecule has 0 amide bonds. The molecule has 0 saturated carbocycles. The zero-order chi connectivity index (χ0) is 21.8. The molecule has 0 aliphatic carbocycles. The van der Waals surface area contributed by atoms with Gasteiger partial charge in [0.2, 0.25) is 5.95 Å². The Morgan fingerprint density at radius 2 is 1.97 bits per heavy atom. The van der Waals surface area contributed by atoms with E-state index in [4.69, 9.17) is 20.9 Å². The number of halogens is 1. The number of nitro groups is 1. The molecule has 0 unspecified atom stereocenters. The van der Waals surface area contributed by atoms with E-state index >= 15 is 0 Å². The summed E-state index contributed by atoms with van der Waals surface area (Å²) in [5.74, 6) is -0.677. The second-order valence-electron chi connectivity index (χ2n) is 5.99. The van der Waals surface area contributed by atoms with Crippen LogP contribution in [-0.2, 0) is 6.61 Å². The van der Waals surface area contributed by atoms with Crippen LogP contribution < -0.4 is 20.9 Å². The van der Waals surface area contributed by atoms with Gasteiger partial charge in [0, 0.05) is 23.3 Å². The molecular formula is C19H15FN6O4. The van der Waals surface area contributed by atoms with E-state index in [1.165, 1.54) is 7.11 Å². The second kappa shape index (κ2) is 8.27. The number of methoxy groups -OCH3 is 1. The average Bonchev–Trinajstić information content (AvgIpc) is 2.71. The molecule has 10 nitrogen and oxygen atoms in total. The first-order chi connectivity index (χ1) is 14.3. The Kier molecular flexibility index (Phi) is 5.59. The monoisotopic (exact) mass is 410 g/mol. The fraction of sp³-hybridized carbons (Fsp3) is 0.105. The van der Waals surface area contributed by atoms with Crippen molar-refractivity contribution in [2.75, 3.05) is 18.6 Å². The van der Waals surface area contributed by atoms with Crippen molar-refractivity contribution in [1.82, 2.24) is 9.97 Å². The van der Waals surface area contributed by atoms with Crippen LogP contribution >= 0.6 is 0 Å². The molecule has 0 radical (unpaired) electrons. The highest BCUT2D eigenvalue weighted by atomic mass is 19.1. The Morgan fingerprint density at radius 1 is 1.20 bits per heavy atom. The summed E-state index contributed by atoms with van der Waals surface area (Å²) in [6.45, 7) is -0.181. The number of nitro benzene ring substituents is 1. The van der Waals surface area contributed by atoms with Gasteiger partial charge in [0.15, 0.2) is 5.75 Å². The van der Waals surface area contributed by atoms with Crippen molar-refractivity contribution in [2.45, 2.75) is 6.61 Å². The molecule has 3 rings (SSSR count). The van der Waals surface area contributed by atoms with Gasteiger partial charge in [-0.3, -0.25) is 10.1 Å². The van der Waals surface area contributed by atoms with Crippen LogP contribution in [0.15, 0.2) is 36.4 Å². The van der Waals surface area contributed by atoms with Crippen LogP contribution in [0.3, 0.4) is 0 Å². The number of nitrogens with two attached hydrogens (primary N) is 2. The number of aromatic nitrogens is 2. The Balaban J connectivity index is 2.01. The van der Waals surface area contributed by atoms with E-state index in [2.05, 4.69) is 9.97 Å². The quantitative estimate of drug-likeness (QED) is 0.459. The van der Waals surface area contributed by atoms with Crippen molar-refractivity contribution < 1.29 is 18.8 Å². The van der Waals surface area contributed by atoms with Gasteiger partial charge >= 0.3 is 5.69 Å². The molecule has 1 aromatic heterocycles. The lowest BCUT2D eigenvalue weighted by atomic mass is 10.0. The highest BCUT2D eigenvalue weighted by Gasteiger charge is 2.18. The maximum atomic E-state index is 13.5. The Morgan fingerprint density at radius 3 is 2.63 bits per heavy atom. The number of benzene rings is 2. The predicted octanol–water partition coefficient (Wildman–Crippen LogP) is 2.81. The summed E-state index contributed by atoms with van der Waals surface area (Å²) in [4.78, 5) is 18.3. The summed E-state index contributed by atoms with van der Waals surface area (Å²) in [5, 5.41) is 20.5. The van der Waals surface area contributed by atoms with Crippen LogP contribution in [0.25, 0.3) is 11.3 Å². The number of nitrogen functional groups attached to an aromatic ring is 2. The zero-order valence-electron chi connectivity index (χ0n) is 15.6. The maximum Gasteiger partial charge on any atom is 0.311 e. The molecular weight excluding hydrogens is 395 g/mol.